The van der Waals surface area contributed by atoms with Crippen molar-refractivity contribution in [1.29, 1.82) is 0 Å². The molecule has 0 spiro atoms. The summed E-state index contributed by atoms with van der Waals surface area (Å²) in [6.07, 6.45) is 2.46. The number of nitrogens with zero attached hydrogens (tertiary/aromatic N) is 5. The number of piperazine rings is 1. The molecule has 2 aliphatic rings. The SMILES string of the molecule is CC(C)(C)OCN1CCN2CC(c3cc(Br)c4c(N)ncnn34)OCCC2C1. The minimum Gasteiger partial charge on any atom is -0.382 e. The number of nitrogen functional groups attached to an aromatic ring is 1. The van der Waals surface area contributed by atoms with E-state index in [1.54, 1.807) is 0 Å². The van der Waals surface area contributed by atoms with Gasteiger partial charge in [-0.3, -0.25) is 9.80 Å². The van der Waals surface area contributed by atoms with Gasteiger partial charge in [0.1, 0.15) is 17.9 Å². The van der Waals surface area contributed by atoms with Crippen LogP contribution >= 0.6 is 15.9 Å². The first-order valence-electron chi connectivity index (χ1n) is 9.81. The van der Waals surface area contributed by atoms with Crippen molar-refractivity contribution in [3.8, 4) is 0 Å². The molecule has 8 nitrogen and oxygen atoms in total. The molecule has 2 unspecified atom stereocenters. The maximum Gasteiger partial charge on any atom is 0.152 e. The first-order chi connectivity index (χ1) is 13.3. The molecule has 0 amide bonds. The van der Waals surface area contributed by atoms with Gasteiger partial charge in [0.05, 0.1) is 18.0 Å². The molecule has 154 valence electrons. The Hall–Kier alpha value is -1.26. The Kier molecular flexibility index (Phi) is 5.63. The number of nitrogens with two attached hydrogens (primary N) is 1. The highest BCUT2D eigenvalue weighted by atomic mass is 79.9. The lowest BCUT2D eigenvalue weighted by molar-refractivity contribution is -0.0826. The highest BCUT2D eigenvalue weighted by molar-refractivity contribution is 9.10. The van der Waals surface area contributed by atoms with Crippen LogP contribution in [-0.4, -0.2) is 75.6 Å². The van der Waals surface area contributed by atoms with E-state index < -0.39 is 0 Å². The summed E-state index contributed by atoms with van der Waals surface area (Å²) in [5.74, 6) is 0.465. The van der Waals surface area contributed by atoms with Gasteiger partial charge in [-0.15, -0.1) is 0 Å². The molecule has 2 aromatic heterocycles. The molecule has 0 bridgehead atoms. The molecule has 2 aromatic rings. The van der Waals surface area contributed by atoms with Gasteiger partial charge >= 0.3 is 0 Å². The van der Waals surface area contributed by atoms with E-state index in [0.29, 0.717) is 18.6 Å². The van der Waals surface area contributed by atoms with Crippen molar-refractivity contribution in [2.75, 3.05) is 45.3 Å². The van der Waals surface area contributed by atoms with E-state index in [0.717, 1.165) is 54.9 Å². The second-order valence-corrected chi connectivity index (χ2v) is 9.44. The van der Waals surface area contributed by atoms with Crippen molar-refractivity contribution in [3.63, 3.8) is 0 Å². The summed E-state index contributed by atoms with van der Waals surface area (Å²) in [6.45, 7) is 11.6. The molecule has 4 heterocycles. The molecule has 4 rings (SSSR count). The van der Waals surface area contributed by atoms with Crippen molar-refractivity contribution < 1.29 is 9.47 Å². The van der Waals surface area contributed by atoms with E-state index in [4.69, 9.17) is 15.2 Å². The largest absolute Gasteiger partial charge is 0.382 e. The van der Waals surface area contributed by atoms with Crippen LogP contribution < -0.4 is 5.73 Å². The molecule has 0 saturated carbocycles. The van der Waals surface area contributed by atoms with E-state index in [1.807, 2.05) is 4.52 Å². The molecule has 2 saturated heterocycles. The Balaban J connectivity index is 1.48. The zero-order valence-electron chi connectivity index (χ0n) is 16.8. The molecule has 28 heavy (non-hydrogen) atoms. The minimum absolute atomic E-state index is 0.0459. The smallest absolute Gasteiger partial charge is 0.152 e. The van der Waals surface area contributed by atoms with Crippen LogP contribution in [0.25, 0.3) is 5.52 Å². The minimum atomic E-state index is -0.109. The number of aromatic nitrogens is 3. The number of anilines is 1. The predicted molar refractivity (Wildman–Crippen MR) is 111 cm³/mol. The fraction of sp³-hybridized carbons (Fsp3) is 0.684. The highest BCUT2D eigenvalue weighted by Crippen LogP contribution is 2.32. The standard InChI is InChI=1S/C19H29BrN6O2/c1-19(2,3)28-12-24-5-6-25-10-16(27-7-4-13(25)9-24)15-8-14(20)17-18(21)22-11-23-26(15)17/h8,11,13,16H,4-7,9-10,12H2,1-3H3,(H2,21,22,23). The number of hydrogen-bond donors (Lipinski definition) is 1. The van der Waals surface area contributed by atoms with Crippen LogP contribution in [0.5, 0.6) is 0 Å². The first-order valence-corrected chi connectivity index (χ1v) is 10.6. The first kappa shape index (κ1) is 20.0. The summed E-state index contributed by atoms with van der Waals surface area (Å²) >= 11 is 3.59. The molecule has 2 aliphatic heterocycles. The third-order valence-electron chi connectivity index (χ3n) is 5.43. The molecular weight excluding hydrogens is 424 g/mol. The third kappa shape index (κ3) is 4.18. The van der Waals surface area contributed by atoms with Crippen LogP contribution in [0, 0.1) is 0 Å². The van der Waals surface area contributed by atoms with E-state index in [-0.39, 0.29) is 11.7 Å². The molecular formula is C19H29BrN6O2. The maximum atomic E-state index is 6.26. The van der Waals surface area contributed by atoms with Crippen molar-refractivity contribution in [2.24, 2.45) is 0 Å². The van der Waals surface area contributed by atoms with Crippen LogP contribution in [0.15, 0.2) is 16.9 Å². The lowest BCUT2D eigenvalue weighted by atomic mass is 10.1. The normalized spacial score (nSPS) is 25.0. The van der Waals surface area contributed by atoms with Crippen molar-refractivity contribution in [1.82, 2.24) is 24.4 Å². The number of fused-ring (bicyclic) bond motifs is 2. The Morgan fingerprint density at radius 2 is 2.14 bits per heavy atom. The topological polar surface area (TPSA) is 81.2 Å². The van der Waals surface area contributed by atoms with Crippen molar-refractivity contribution in [3.05, 3.63) is 22.6 Å². The van der Waals surface area contributed by atoms with Gasteiger partial charge in [-0.2, -0.15) is 5.10 Å². The Morgan fingerprint density at radius 3 is 2.93 bits per heavy atom. The average molecular weight is 453 g/mol. The van der Waals surface area contributed by atoms with Crippen LogP contribution in [0.2, 0.25) is 0 Å². The molecule has 9 heteroatoms. The quantitative estimate of drug-likeness (QED) is 0.764. The molecule has 0 radical (unpaired) electrons. The van der Waals surface area contributed by atoms with Gasteiger partial charge in [-0.1, -0.05) is 0 Å². The Labute approximate surface area is 174 Å². The maximum absolute atomic E-state index is 6.26. The monoisotopic (exact) mass is 452 g/mol. The van der Waals surface area contributed by atoms with E-state index in [2.05, 4.69) is 62.7 Å². The van der Waals surface area contributed by atoms with Gasteiger partial charge < -0.3 is 15.2 Å². The fourth-order valence-corrected chi connectivity index (χ4v) is 4.55. The Morgan fingerprint density at radius 1 is 1.32 bits per heavy atom. The van der Waals surface area contributed by atoms with Crippen LogP contribution in [0.3, 0.4) is 0 Å². The lowest BCUT2D eigenvalue weighted by Crippen LogP contribution is -2.54. The van der Waals surface area contributed by atoms with Crippen molar-refractivity contribution >= 4 is 27.3 Å². The van der Waals surface area contributed by atoms with Crippen LogP contribution in [0.4, 0.5) is 5.82 Å². The fourth-order valence-electron chi connectivity index (χ4n) is 3.94. The zero-order chi connectivity index (χ0) is 19.9. The van der Waals surface area contributed by atoms with E-state index in [9.17, 15) is 0 Å². The predicted octanol–water partition coefficient (Wildman–Crippen LogP) is 2.29. The molecule has 2 fully saturated rings. The second-order valence-electron chi connectivity index (χ2n) is 8.58. The highest BCUT2D eigenvalue weighted by Gasteiger charge is 2.33. The molecule has 2 N–H and O–H groups in total. The summed E-state index contributed by atoms with van der Waals surface area (Å²) in [5, 5.41) is 4.40. The third-order valence-corrected chi connectivity index (χ3v) is 6.04. The number of hydrogen-bond acceptors (Lipinski definition) is 7. The van der Waals surface area contributed by atoms with Gasteiger partial charge in [0.2, 0.25) is 0 Å². The zero-order valence-corrected chi connectivity index (χ0v) is 18.4. The summed E-state index contributed by atoms with van der Waals surface area (Å²) < 4.78 is 15.0. The van der Waals surface area contributed by atoms with Gasteiger partial charge in [0.15, 0.2) is 5.82 Å². The van der Waals surface area contributed by atoms with E-state index >= 15 is 0 Å². The van der Waals surface area contributed by atoms with Crippen LogP contribution in [-0.2, 0) is 9.47 Å². The van der Waals surface area contributed by atoms with Gasteiger partial charge in [-0.25, -0.2) is 9.50 Å². The van der Waals surface area contributed by atoms with Gasteiger partial charge in [0, 0.05) is 43.3 Å². The van der Waals surface area contributed by atoms with Gasteiger partial charge in [0.25, 0.3) is 0 Å². The number of halogens is 1. The summed E-state index contributed by atoms with van der Waals surface area (Å²) in [5.41, 5.74) is 7.74. The summed E-state index contributed by atoms with van der Waals surface area (Å²) in [7, 11) is 0. The van der Waals surface area contributed by atoms with Crippen molar-refractivity contribution in [2.45, 2.75) is 44.9 Å². The lowest BCUT2D eigenvalue weighted by Gasteiger charge is -2.41. The van der Waals surface area contributed by atoms with Crippen LogP contribution in [0.1, 0.15) is 39.0 Å². The summed E-state index contributed by atoms with van der Waals surface area (Å²) in [4.78, 5) is 9.05. The molecule has 0 aromatic carbocycles. The Bertz CT molecular complexity index is 836. The average Bonchev–Trinajstić information content (AvgIpc) is 2.84. The second kappa shape index (κ2) is 7.87. The molecule has 0 aliphatic carbocycles. The van der Waals surface area contributed by atoms with E-state index in [1.165, 1.54) is 6.33 Å². The summed E-state index contributed by atoms with van der Waals surface area (Å²) in [6, 6.07) is 2.54. The molecule has 2 atom stereocenters. The van der Waals surface area contributed by atoms with Gasteiger partial charge in [-0.05, 0) is 49.2 Å². The number of rotatable bonds is 3. The number of ether oxygens (including phenoxy) is 2.